The molecule has 0 heterocycles. The number of hydrogen-bond donors (Lipinski definition) is 2. The Morgan fingerprint density at radius 1 is 1.29 bits per heavy atom. The van der Waals surface area contributed by atoms with E-state index in [0.29, 0.717) is 16.9 Å². The van der Waals surface area contributed by atoms with Gasteiger partial charge in [-0.25, -0.2) is 0 Å². The van der Waals surface area contributed by atoms with Gasteiger partial charge in [-0.15, -0.1) is 0 Å². The van der Waals surface area contributed by atoms with E-state index in [1.807, 2.05) is 0 Å². The van der Waals surface area contributed by atoms with Crippen LogP contribution in [0.5, 0.6) is 5.75 Å². The van der Waals surface area contributed by atoms with Crippen LogP contribution in [0.15, 0.2) is 18.2 Å². The monoisotopic (exact) mass is 358 g/mol. The SMILES string of the molecule is NC1CC2CCCC(C1)C2NC(=O)c1cc(Cl)ccc1OC(F)F. The van der Waals surface area contributed by atoms with Crippen molar-refractivity contribution in [3.05, 3.63) is 28.8 Å². The number of hydrogen-bond acceptors (Lipinski definition) is 3. The fraction of sp³-hybridized carbons (Fsp3) is 0.588. The molecule has 2 aliphatic carbocycles. The van der Waals surface area contributed by atoms with Crippen LogP contribution in [0.2, 0.25) is 5.02 Å². The van der Waals surface area contributed by atoms with Gasteiger partial charge in [-0.1, -0.05) is 18.0 Å². The lowest BCUT2D eigenvalue weighted by Gasteiger charge is -2.45. The van der Waals surface area contributed by atoms with Gasteiger partial charge < -0.3 is 15.8 Å². The minimum absolute atomic E-state index is 0.0319. The summed E-state index contributed by atoms with van der Waals surface area (Å²) in [5.74, 6) is 0.0975. The Morgan fingerprint density at radius 2 is 1.96 bits per heavy atom. The molecule has 1 amide bonds. The van der Waals surface area contributed by atoms with E-state index in [2.05, 4.69) is 10.1 Å². The fourth-order valence-electron chi connectivity index (χ4n) is 4.13. The van der Waals surface area contributed by atoms with Crippen LogP contribution in [-0.2, 0) is 0 Å². The smallest absolute Gasteiger partial charge is 0.387 e. The van der Waals surface area contributed by atoms with Crippen molar-refractivity contribution in [2.45, 2.75) is 50.8 Å². The van der Waals surface area contributed by atoms with Gasteiger partial charge in [0.05, 0.1) is 5.56 Å². The Labute approximate surface area is 144 Å². The number of carbonyl (C=O) groups is 1. The molecule has 0 radical (unpaired) electrons. The molecule has 2 bridgehead atoms. The van der Waals surface area contributed by atoms with E-state index in [1.165, 1.54) is 18.2 Å². The van der Waals surface area contributed by atoms with E-state index < -0.39 is 12.5 Å². The molecule has 4 nitrogen and oxygen atoms in total. The number of halogens is 3. The summed E-state index contributed by atoms with van der Waals surface area (Å²) < 4.78 is 29.6. The van der Waals surface area contributed by atoms with Crippen LogP contribution in [0.1, 0.15) is 42.5 Å². The maximum Gasteiger partial charge on any atom is 0.387 e. The fourth-order valence-corrected chi connectivity index (χ4v) is 4.30. The predicted octanol–water partition coefficient (Wildman–Crippen LogP) is 3.58. The Bertz CT molecular complexity index is 600. The molecule has 2 atom stereocenters. The van der Waals surface area contributed by atoms with E-state index in [-0.39, 0.29) is 23.4 Å². The first-order chi connectivity index (χ1) is 11.4. The van der Waals surface area contributed by atoms with E-state index in [0.717, 1.165) is 32.1 Å². The van der Waals surface area contributed by atoms with Gasteiger partial charge in [-0.05, 0) is 55.7 Å². The highest BCUT2D eigenvalue weighted by Crippen LogP contribution is 2.40. The van der Waals surface area contributed by atoms with Crippen molar-refractivity contribution in [2.24, 2.45) is 17.6 Å². The predicted molar refractivity (Wildman–Crippen MR) is 87.4 cm³/mol. The summed E-state index contributed by atoms with van der Waals surface area (Å²) in [7, 11) is 0. The normalized spacial score (nSPS) is 29.4. The van der Waals surface area contributed by atoms with E-state index in [4.69, 9.17) is 17.3 Å². The van der Waals surface area contributed by atoms with E-state index in [1.54, 1.807) is 0 Å². The molecule has 2 fully saturated rings. The first-order valence-electron chi connectivity index (χ1n) is 8.25. The van der Waals surface area contributed by atoms with Gasteiger partial charge in [0.15, 0.2) is 0 Å². The quantitative estimate of drug-likeness (QED) is 0.864. The third kappa shape index (κ3) is 3.81. The summed E-state index contributed by atoms with van der Waals surface area (Å²) in [5, 5.41) is 3.32. The second-order valence-corrected chi connectivity index (χ2v) is 7.14. The van der Waals surface area contributed by atoms with Crippen LogP contribution in [0.25, 0.3) is 0 Å². The lowest BCUT2D eigenvalue weighted by atomic mass is 9.67. The molecule has 2 saturated carbocycles. The number of nitrogens with one attached hydrogen (secondary N) is 1. The molecule has 0 aliphatic heterocycles. The number of nitrogens with two attached hydrogens (primary N) is 1. The van der Waals surface area contributed by atoms with Crippen LogP contribution in [0.3, 0.4) is 0 Å². The van der Waals surface area contributed by atoms with Crippen molar-refractivity contribution >= 4 is 17.5 Å². The highest BCUT2D eigenvalue weighted by atomic mass is 35.5. The molecule has 1 aromatic rings. The molecule has 0 aromatic heterocycles. The topological polar surface area (TPSA) is 64.3 Å². The van der Waals surface area contributed by atoms with E-state index >= 15 is 0 Å². The van der Waals surface area contributed by atoms with Gasteiger partial charge in [0.1, 0.15) is 5.75 Å². The van der Waals surface area contributed by atoms with Crippen molar-refractivity contribution in [3.8, 4) is 5.75 Å². The molecular weight excluding hydrogens is 338 g/mol. The average Bonchev–Trinajstić information content (AvgIpc) is 2.49. The van der Waals surface area contributed by atoms with Crippen LogP contribution < -0.4 is 15.8 Å². The summed E-state index contributed by atoms with van der Waals surface area (Å²) in [6, 6.07) is 4.28. The van der Waals surface area contributed by atoms with Crippen molar-refractivity contribution in [2.75, 3.05) is 0 Å². The molecule has 3 rings (SSSR count). The maximum absolute atomic E-state index is 12.7. The summed E-state index contributed by atoms with van der Waals surface area (Å²) in [5.41, 5.74) is 6.13. The molecule has 2 aliphatic rings. The second kappa shape index (κ2) is 7.23. The zero-order chi connectivity index (χ0) is 17.3. The highest BCUT2D eigenvalue weighted by molar-refractivity contribution is 6.31. The second-order valence-electron chi connectivity index (χ2n) is 6.70. The standard InChI is InChI=1S/C17H21ClF2N2O2/c18-11-4-5-14(24-17(19)20)13(8-11)16(23)22-15-9-2-1-3-10(15)7-12(21)6-9/h4-5,8-10,12,15,17H,1-3,6-7,21H2,(H,22,23). The van der Waals surface area contributed by atoms with Crippen LogP contribution in [0.4, 0.5) is 8.78 Å². The summed E-state index contributed by atoms with van der Waals surface area (Å²) in [6.07, 6.45) is 4.98. The Kier molecular flexibility index (Phi) is 5.25. The van der Waals surface area contributed by atoms with Gasteiger partial charge in [-0.2, -0.15) is 8.78 Å². The Morgan fingerprint density at radius 3 is 2.58 bits per heavy atom. The van der Waals surface area contributed by atoms with Gasteiger partial charge in [0.25, 0.3) is 5.91 Å². The van der Waals surface area contributed by atoms with E-state index in [9.17, 15) is 13.6 Å². The third-order valence-corrected chi connectivity index (χ3v) is 5.31. The van der Waals surface area contributed by atoms with Gasteiger partial charge >= 0.3 is 6.61 Å². The first-order valence-corrected chi connectivity index (χ1v) is 8.62. The molecule has 7 heteroatoms. The van der Waals surface area contributed by atoms with Crippen LogP contribution in [-0.4, -0.2) is 24.6 Å². The molecule has 0 spiro atoms. The van der Waals surface area contributed by atoms with Crippen molar-refractivity contribution in [1.82, 2.24) is 5.32 Å². The molecule has 132 valence electrons. The number of fused-ring (bicyclic) bond motifs is 2. The zero-order valence-corrected chi connectivity index (χ0v) is 13.9. The zero-order valence-electron chi connectivity index (χ0n) is 13.2. The number of alkyl halides is 2. The first kappa shape index (κ1) is 17.4. The van der Waals surface area contributed by atoms with Crippen LogP contribution in [0, 0.1) is 11.8 Å². The number of benzene rings is 1. The molecule has 1 aromatic carbocycles. The highest BCUT2D eigenvalue weighted by Gasteiger charge is 2.40. The minimum Gasteiger partial charge on any atom is -0.434 e. The molecule has 24 heavy (non-hydrogen) atoms. The minimum atomic E-state index is -3.00. The number of rotatable bonds is 4. The molecule has 0 saturated heterocycles. The average molecular weight is 359 g/mol. The van der Waals surface area contributed by atoms with Gasteiger partial charge in [0, 0.05) is 17.1 Å². The van der Waals surface area contributed by atoms with Gasteiger partial charge in [0.2, 0.25) is 0 Å². The number of ether oxygens (including phenoxy) is 1. The largest absolute Gasteiger partial charge is 0.434 e. The summed E-state index contributed by atoms with van der Waals surface area (Å²) in [4.78, 5) is 12.7. The third-order valence-electron chi connectivity index (χ3n) is 5.08. The van der Waals surface area contributed by atoms with Crippen LogP contribution >= 0.6 is 11.6 Å². The summed E-state index contributed by atoms with van der Waals surface area (Å²) in [6.45, 7) is -3.00. The number of amides is 1. The van der Waals surface area contributed by atoms with Crippen molar-refractivity contribution < 1.29 is 18.3 Å². The molecule has 3 N–H and O–H groups in total. The number of carbonyl (C=O) groups excluding carboxylic acids is 1. The lowest BCUT2D eigenvalue weighted by Crippen LogP contribution is -2.53. The maximum atomic E-state index is 12.7. The molecular formula is C17H21ClF2N2O2. The Hall–Kier alpha value is -1.40. The summed E-state index contributed by atoms with van der Waals surface area (Å²) >= 11 is 5.92. The molecule has 2 unspecified atom stereocenters. The lowest BCUT2D eigenvalue weighted by molar-refractivity contribution is -0.0502. The van der Waals surface area contributed by atoms with Crippen molar-refractivity contribution in [3.63, 3.8) is 0 Å². The van der Waals surface area contributed by atoms with Gasteiger partial charge in [-0.3, -0.25) is 4.79 Å². The van der Waals surface area contributed by atoms with Crippen molar-refractivity contribution in [1.29, 1.82) is 0 Å². The Balaban J connectivity index is 1.78.